The van der Waals surface area contributed by atoms with Gasteiger partial charge in [-0.3, -0.25) is 14.9 Å². The Morgan fingerprint density at radius 1 is 0.978 bits per heavy atom. The van der Waals surface area contributed by atoms with Crippen molar-refractivity contribution in [1.29, 1.82) is 0 Å². The van der Waals surface area contributed by atoms with E-state index in [1.54, 1.807) is 30.5 Å². The number of carbonyl (C=O) groups excluding carboxylic acids is 1. The second kappa shape index (κ2) is 11.7. The van der Waals surface area contributed by atoms with Crippen molar-refractivity contribution in [2.45, 2.75) is 20.8 Å². The summed E-state index contributed by atoms with van der Waals surface area (Å²) in [4.78, 5) is 31.1. The summed E-state index contributed by atoms with van der Waals surface area (Å²) < 4.78 is 31.0. The molecule has 2 aromatic carbocycles. The van der Waals surface area contributed by atoms with Gasteiger partial charge in [-0.2, -0.15) is 5.10 Å². The summed E-state index contributed by atoms with van der Waals surface area (Å²) in [5.41, 5.74) is 4.26. The van der Waals surface area contributed by atoms with E-state index in [0.29, 0.717) is 57.1 Å². The fourth-order valence-electron chi connectivity index (χ4n) is 4.97. The zero-order chi connectivity index (χ0) is 31.9. The van der Waals surface area contributed by atoms with E-state index in [1.165, 1.54) is 24.5 Å². The van der Waals surface area contributed by atoms with Gasteiger partial charge in [0, 0.05) is 53.3 Å². The van der Waals surface area contributed by atoms with Crippen molar-refractivity contribution in [3.63, 3.8) is 0 Å². The number of likely N-dealkylation sites (N-methyl/N-ethyl adjacent to an activating group) is 1. The first-order chi connectivity index (χ1) is 21.5. The molecule has 4 N–H and O–H groups in total. The number of nitrogens with zero attached hydrogens (tertiary/aromatic N) is 5. The molecule has 0 aliphatic heterocycles. The summed E-state index contributed by atoms with van der Waals surface area (Å²) in [6, 6.07) is 11.6. The Kier molecular flexibility index (Phi) is 7.75. The van der Waals surface area contributed by atoms with Gasteiger partial charge in [0.25, 0.3) is 0 Å². The highest BCUT2D eigenvalue weighted by molar-refractivity contribution is 5.99. The van der Waals surface area contributed by atoms with Crippen LogP contribution in [0.2, 0.25) is 0 Å². The number of aromatic nitrogens is 6. The fraction of sp³-hybridized carbons (Fsp3) is 0.242. The van der Waals surface area contributed by atoms with Crippen LogP contribution in [0.25, 0.3) is 55.8 Å². The number of amides is 1. The van der Waals surface area contributed by atoms with Crippen LogP contribution in [0, 0.1) is 17.0 Å². The zero-order valence-electron chi connectivity index (χ0n) is 25.6. The molecule has 0 bridgehead atoms. The zero-order valence-corrected chi connectivity index (χ0v) is 25.6. The minimum atomic E-state index is -0.604. The lowest BCUT2D eigenvalue weighted by Crippen LogP contribution is -2.27. The standard InChI is InChI=1S/C33H33F2N9O/c1-33(2,3)32(45)39-22-14-19(16-36-17-22)23-6-7-25-26(27(23)35)29(43-42-25)31-40-28-24(8-9-38-30(28)41-31)18-12-20(34)15-21(13-18)37-10-11-44(4)5/h6-9,12-17,37H,10-11H2,1-5H3,(H,39,45)(H,42,43)(H,38,40,41). The average molecular weight is 610 g/mol. The fourth-order valence-corrected chi connectivity index (χ4v) is 4.97. The van der Waals surface area contributed by atoms with Gasteiger partial charge in [0.1, 0.15) is 22.8 Å². The maximum Gasteiger partial charge on any atom is 0.229 e. The van der Waals surface area contributed by atoms with Crippen LogP contribution in [-0.2, 0) is 4.79 Å². The normalized spacial score (nSPS) is 11.9. The molecular weight excluding hydrogens is 576 g/mol. The second-order valence-corrected chi connectivity index (χ2v) is 12.2. The number of hydrogen-bond acceptors (Lipinski definition) is 7. The molecule has 0 saturated carbocycles. The van der Waals surface area contributed by atoms with Crippen molar-refractivity contribution >= 4 is 39.3 Å². The van der Waals surface area contributed by atoms with Crippen LogP contribution in [0.3, 0.4) is 0 Å². The Labute approximate surface area is 258 Å². The molecule has 12 heteroatoms. The van der Waals surface area contributed by atoms with E-state index in [2.05, 4.69) is 35.8 Å². The largest absolute Gasteiger partial charge is 0.384 e. The van der Waals surface area contributed by atoms with Gasteiger partial charge < -0.3 is 20.5 Å². The van der Waals surface area contributed by atoms with E-state index in [4.69, 9.17) is 4.98 Å². The van der Waals surface area contributed by atoms with Crippen LogP contribution >= 0.6 is 0 Å². The molecule has 10 nitrogen and oxygen atoms in total. The molecule has 0 atom stereocenters. The lowest BCUT2D eigenvalue weighted by molar-refractivity contribution is -0.123. The summed E-state index contributed by atoms with van der Waals surface area (Å²) in [6.45, 7) is 6.87. The minimum absolute atomic E-state index is 0.178. The first kappa shape index (κ1) is 29.8. The molecule has 4 aromatic heterocycles. The van der Waals surface area contributed by atoms with Crippen molar-refractivity contribution in [2.24, 2.45) is 5.41 Å². The molecule has 0 unspecified atom stereocenters. The summed E-state index contributed by atoms with van der Waals surface area (Å²) in [6.07, 6.45) is 4.67. The number of pyridine rings is 2. The highest BCUT2D eigenvalue weighted by atomic mass is 19.1. The number of hydrogen-bond donors (Lipinski definition) is 4. The van der Waals surface area contributed by atoms with Crippen LogP contribution in [0.5, 0.6) is 0 Å². The number of carbonyl (C=O) groups is 1. The maximum atomic E-state index is 16.3. The van der Waals surface area contributed by atoms with Gasteiger partial charge >= 0.3 is 0 Å². The van der Waals surface area contributed by atoms with Crippen LogP contribution < -0.4 is 10.6 Å². The number of anilines is 2. The van der Waals surface area contributed by atoms with Gasteiger partial charge in [-0.25, -0.2) is 18.7 Å². The van der Waals surface area contributed by atoms with Gasteiger partial charge in [-0.15, -0.1) is 0 Å². The lowest BCUT2D eigenvalue weighted by atomic mass is 9.95. The van der Waals surface area contributed by atoms with Crippen molar-refractivity contribution in [1.82, 2.24) is 35.0 Å². The van der Waals surface area contributed by atoms with Crippen molar-refractivity contribution in [3.8, 4) is 33.8 Å². The maximum absolute atomic E-state index is 16.3. The van der Waals surface area contributed by atoms with Gasteiger partial charge in [0.05, 0.1) is 22.8 Å². The molecule has 0 aliphatic rings. The SMILES string of the molecule is CN(C)CCNc1cc(F)cc(-c2ccnc3[nH]c(-c4n[nH]c5ccc(-c6cncc(NC(=O)C(C)(C)C)c6)c(F)c45)nc23)c1. The van der Waals surface area contributed by atoms with Crippen molar-refractivity contribution in [3.05, 3.63) is 72.7 Å². The van der Waals surface area contributed by atoms with E-state index in [-0.39, 0.29) is 28.4 Å². The van der Waals surface area contributed by atoms with Gasteiger partial charge in [0.15, 0.2) is 11.5 Å². The average Bonchev–Trinajstić information content (AvgIpc) is 3.61. The number of halogens is 2. The van der Waals surface area contributed by atoms with Crippen LogP contribution in [0.4, 0.5) is 20.2 Å². The smallest absolute Gasteiger partial charge is 0.229 e. The summed E-state index contributed by atoms with van der Waals surface area (Å²) >= 11 is 0. The number of rotatable bonds is 8. The highest BCUT2D eigenvalue weighted by Gasteiger charge is 2.23. The Bertz CT molecular complexity index is 2040. The molecule has 0 spiro atoms. The Hall–Kier alpha value is -5.23. The summed E-state index contributed by atoms with van der Waals surface area (Å²) in [5, 5.41) is 13.6. The molecule has 6 rings (SSSR count). The number of nitrogens with one attached hydrogen (secondary N) is 4. The van der Waals surface area contributed by atoms with Crippen LogP contribution in [0.1, 0.15) is 20.8 Å². The molecule has 1 amide bonds. The Morgan fingerprint density at radius 2 is 1.78 bits per heavy atom. The van der Waals surface area contributed by atoms with Gasteiger partial charge in [-0.05, 0) is 62.1 Å². The third-order valence-electron chi connectivity index (χ3n) is 7.36. The first-order valence-corrected chi connectivity index (χ1v) is 14.5. The predicted octanol–water partition coefficient (Wildman–Crippen LogP) is 6.47. The van der Waals surface area contributed by atoms with Crippen LogP contribution in [-0.4, -0.2) is 68.1 Å². The molecule has 0 aliphatic carbocycles. The van der Waals surface area contributed by atoms with Crippen molar-refractivity contribution in [2.75, 3.05) is 37.8 Å². The Balaban J connectivity index is 1.38. The number of fused-ring (bicyclic) bond motifs is 2. The monoisotopic (exact) mass is 609 g/mol. The van der Waals surface area contributed by atoms with E-state index in [9.17, 15) is 9.18 Å². The van der Waals surface area contributed by atoms with E-state index >= 15 is 4.39 Å². The highest BCUT2D eigenvalue weighted by Crippen LogP contribution is 2.36. The molecule has 230 valence electrons. The van der Waals surface area contributed by atoms with Crippen molar-refractivity contribution < 1.29 is 13.6 Å². The molecule has 45 heavy (non-hydrogen) atoms. The lowest BCUT2D eigenvalue weighted by Gasteiger charge is -2.17. The molecule has 0 fully saturated rings. The van der Waals surface area contributed by atoms with E-state index in [0.717, 1.165) is 6.54 Å². The first-order valence-electron chi connectivity index (χ1n) is 14.5. The topological polar surface area (TPSA) is 128 Å². The predicted molar refractivity (Wildman–Crippen MR) is 173 cm³/mol. The third-order valence-corrected chi connectivity index (χ3v) is 7.36. The number of imidazole rings is 1. The number of benzene rings is 2. The molecule has 6 aromatic rings. The van der Waals surface area contributed by atoms with E-state index < -0.39 is 11.2 Å². The second-order valence-electron chi connectivity index (χ2n) is 12.2. The Morgan fingerprint density at radius 3 is 2.56 bits per heavy atom. The quantitative estimate of drug-likeness (QED) is 0.156. The molecule has 0 radical (unpaired) electrons. The number of H-pyrrole nitrogens is 2. The number of aromatic amines is 2. The summed E-state index contributed by atoms with van der Waals surface area (Å²) in [5.74, 6) is -0.783. The summed E-state index contributed by atoms with van der Waals surface area (Å²) in [7, 11) is 3.95. The van der Waals surface area contributed by atoms with Gasteiger partial charge in [0.2, 0.25) is 5.91 Å². The molecular formula is C33H33F2N9O. The minimum Gasteiger partial charge on any atom is -0.384 e. The van der Waals surface area contributed by atoms with Gasteiger partial charge in [-0.1, -0.05) is 20.8 Å². The molecule has 0 saturated heterocycles. The molecule has 4 heterocycles. The van der Waals surface area contributed by atoms with Crippen LogP contribution in [0.15, 0.2) is 61.1 Å². The van der Waals surface area contributed by atoms with E-state index in [1.807, 2.05) is 45.8 Å². The third kappa shape index (κ3) is 6.09.